The molecule has 1 heterocycles. The Bertz CT molecular complexity index is 356. The molecule has 2 unspecified atom stereocenters. The predicted molar refractivity (Wildman–Crippen MR) is 71.0 cm³/mol. The standard InChI is InChI=1S/C15H23NO2/c1-5-11-10-13(11)12-6-8-16(9-7-12)14(17)18-15(2,3)4/h1,11-13H,6-10H2,2-4H3. The maximum atomic E-state index is 11.9. The van der Waals surface area contributed by atoms with Crippen LogP contribution < -0.4 is 0 Å². The Hall–Kier alpha value is -1.17. The van der Waals surface area contributed by atoms with Gasteiger partial charge in [-0.05, 0) is 51.9 Å². The minimum absolute atomic E-state index is 0.176. The summed E-state index contributed by atoms with van der Waals surface area (Å²) in [6.07, 6.45) is 8.60. The SMILES string of the molecule is C#CC1CC1C1CCN(C(=O)OC(C)(C)C)CC1. The number of nitrogens with zero attached hydrogens (tertiary/aromatic N) is 1. The zero-order chi connectivity index (χ0) is 13.3. The van der Waals surface area contributed by atoms with Crippen molar-refractivity contribution < 1.29 is 9.53 Å². The van der Waals surface area contributed by atoms with E-state index in [0.29, 0.717) is 11.8 Å². The lowest BCUT2D eigenvalue weighted by molar-refractivity contribution is 0.0175. The summed E-state index contributed by atoms with van der Waals surface area (Å²) < 4.78 is 5.39. The zero-order valence-electron chi connectivity index (χ0n) is 11.6. The van der Waals surface area contributed by atoms with Crippen molar-refractivity contribution in [2.24, 2.45) is 17.8 Å². The van der Waals surface area contributed by atoms with Gasteiger partial charge in [0.1, 0.15) is 5.60 Å². The maximum absolute atomic E-state index is 11.9. The van der Waals surface area contributed by atoms with Crippen molar-refractivity contribution in [2.75, 3.05) is 13.1 Å². The molecule has 0 aromatic rings. The van der Waals surface area contributed by atoms with Gasteiger partial charge in [0.15, 0.2) is 0 Å². The lowest BCUT2D eigenvalue weighted by atomic mass is 9.91. The number of terminal acetylenes is 1. The molecule has 1 saturated heterocycles. The summed E-state index contributed by atoms with van der Waals surface area (Å²) in [5.41, 5.74) is -0.404. The van der Waals surface area contributed by atoms with E-state index in [-0.39, 0.29) is 6.09 Å². The van der Waals surface area contributed by atoms with E-state index in [2.05, 4.69) is 5.92 Å². The first-order valence-electron chi connectivity index (χ1n) is 6.85. The summed E-state index contributed by atoms with van der Waals surface area (Å²) in [6.45, 7) is 7.33. The number of ether oxygens (including phenoxy) is 1. The number of carbonyl (C=O) groups excluding carboxylic acids is 1. The van der Waals surface area contributed by atoms with Crippen LogP contribution in [-0.4, -0.2) is 29.7 Å². The van der Waals surface area contributed by atoms with Gasteiger partial charge in [0, 0.05) is 19.0 Å². The molecule has 3 nitrogen and oxygen atoms in total. The smallest absolute Gasteiger partial charge is 0.410 e. The number of rotatable bonds is 1. The average Bonchev–Trinajstić information content (AvgIpc) is 3.06. The van der Waals surface area contributed by atoms with Gasteiger partial charge in [-0.25, -0.2) is 4.79 Å². The highest BCUT2D eigenvalue weighted by atomic mass is 16.6. The number of likely N-dealkylation sites (tertiary alicyclic amines) is 1. The molecular formula is C15H23NO2. The first kappa shape index (κ1) is 13.3. The van der Waals surface area contributed by atoms with Crippen molar-refractivity contribution in [3.05, 3.63) is 0 Å². The number of hydrogen-bond acceptors (Lipinski definition) is 2. The molecule has 0 aromatic carbocycles. The number of amides is 1. The largest absolute Gasteiger partial charge is 0.444 e. The Morgan fingerprint density at radius 1 is 1.33 bits per heavy atom. The molecule has 3 heteroatoms. The topological polar surface area (TPSA) is 29.5 Å². The van der Waals surface area contributed by atoms with E-state index >= 15 is 0 Å². The molecule has 2 fully saturated rings. The van der Waals surface area contributed by atoms with Crippen molar-refractivity contribution in [1.82, 2.24) is 4.90 Å². The second-order valence-electron chi connectivity index (χ2n) is 6.48. The Morgan fingerprint density at radius 2 is 1.94 bits per heavy atom. The van der Waals surface area contributed by atoms with E-state index in [1.165, 1.54) is 6.42 Å². The Kier molecular flexibility index (Phi) is 3.56. The van der Waals surface area contributed by atoms with Gasteiger partial charge in [0.2, 0.25) is 0 Å². The number of piperidine rings is 1. The molecule has 1 aliphatic carbocycles. The quantitative estimate of drug-likeness (QED) is 0.669. The molecule has 0 aromatic heterocycles. The molecule has 2 atom stereocenters. The highest BCUT2D eigenvalue weighted by Gasteiger charge is 2.43. The van der Waals surface area contributed by atoms with Crippen molar-refractivity contribution in [2.45, 2.75) is 45.6 Å². The van der Waals surface area contributed by atoms with Crippen molar-refractivity contribution >= 4 is 6.09 Å². The van der Waals surface area contributed by atoms with Crippen LogP contribution in [0.25, 0.3) is 0 Å². The third-order valence-corrected chi connectivity index (χ3v) is 3.85. The minimum atomic E-state index is -0.404. The molecule has 1 amide bonds. The lowest BCUT2D eigenvalue weighted by Gasteiger charge is -2.33. The van der Waals surface area contributed by atoms with Crippen molar-refractivity contribution in [3.8, 4) is 12.3 Å². The summed E-state index contributed by atoms with van der Waals surface area (Å²) in [5, 5.41) is 0. The van der Waals surface area contributed by atoms with Gasteiger partial charge >= 0.3 is 6.09 Å². The highest BCUT2D eigenvalue weighted by Crippen LogP contribution is 2.47. The minimum Gasteiger partial charge on any atom is -0.444 e. The molecule has 0 bridgehead atoms. The van der Waals surface area contributed by atoms with E-state index in [1.807, 2.05) is 25.7 Å². The van der Waals surface area contributed by atoms with Crippen LogP contribution in [0.15, 0.2) is 0 Å². The third kappa shape index (κ3) is 3.19. The third-order valence-electron chi connectivity index (χ3n) is 3.85. The van der Waals surface area contributed by atoms with E-state index < -0.39 is 5.60 Å². The summed E-state index contributed by atoms with van der Waals surface area (Å²) in [5.74, 6) is 4.78. The van der Waals surface area contributed by atoms with Crippen molar-refractivity contribution in [3.63, 3.8) is 0 Å². The van der Waals surface area contributed by atoms with Gasteiger partial charge in [-0.1, -0.05) is 0 Å². The van der Waals surface area contributed by atoms with Crippen LogP contribution in [0.4, 0.5) is 4.79 Å². The first-order valence-corrected chi connectivity index (χ1v) is 6.85. The fourth-order valence-corrected chi connectivity index (χ4v) is 2.76. The molecule has 0 radical (unpaired) electrons. The molecule has 1 aliphatic heterocycles. The first-order chi connectivity index (χ1) is 8.40. The van der Waals surface area contributed by atoms with Crippen LogP contribution in [0, 0.1) is 30.1 Å². The zero-order valence-corrected chi connectivity index (χ0v) is 11.6. The van der Waals surface area contributed by atoms with Crippen LogP contribution in [0.5, 0.6) is 0 Å². The Morgan fingerprint density at radius 3 is 2.39 bits per heavy atom. The van der Waals surface area contributed by atoms with Gasteiger partial charge in [-0.3, -0.25) is 0 Å². The molecule has 0 N–H and O–H groups in total. The summed E-state index contributed by atoms with van der Waals surface area (Å²) >= 11 is 0. The van der Waals surface area contributed by atoms with E-state index in [0.717, 1.165) is 31.8 Å². The second-order valence-corrected chi connectivity index (χ2v) is 6.48. The normalized spacial score (nSPS) is 28.7. The Labute approximate surface area is 110 Å². The van der Waals surface area contributed by atoms with Crippen LogP contribution in [-0.2, 0) is 4.74 Å². The monoisotopic (exact) mass is 249 g/mol. The van der Waals surface area contributed by atoms with Crippen LogP contribution in [0.1, 0.15) is 40.0 Å². The van der Waals surface area contributed by atoms with Gasteiger partial charge in [-0.15, -0.1) is 12.3 Å². The van der Waals surface area contributed by atoms with Gasteiger partial charge in [0.05, 0.1) is 0 Å². The Balaban J connectivity index is 1.77. The maximum Gasteiger partial charge on any atom is 0.410 e. The van der Waals surface area contributed by atoms with Gasteiger partial charge in [-0.2, -0.15) is 0 Å². The summed E-state index contributed by atoms with van der Waals surface area (Å²) in [4.78, 5) is 13.7. The molecular weight excluding hydrogens is 226 g/mol. The second kappa shape index (κ2) is 4.84. The highest BCUT2D eigenvalue weighted by molar-refractivity contribution is 5.68. The molecule has 1 saturated carbocycles. The molecule has 100 valence electrons. The average molecular weight is 249 g/mol. The summed E-state index contributed by atoms with van der Waals surface area (Å²) in [6, 6.07) is 0. The molecule has 2 rings (SSSR count). The number of carbonyl (C=O) groups is 1. The molecule has 18 heavy (non-hydrogen) atoms. The van der Waals surface area contributed by atoms with Crippen LogP contribution >= 0.6 is 0 Å². The van der Waals surface area contributed by atoms with Gasteiger partial charge < -0.3 is 9.64 Å². The molecule has 2 aliphatic rings. The summed E-state index contributed by atoms with van der Waals surface area (Å²) in [7, 11) is 0. The van der Waals surface area contributed by atoms with Crippen LogP contribution in [0.3, 0.4) is 0 Å². The van der Waals surface area contributed by atoms with Gasteiger partial charge in [0.25, 0.3) is 0 Å². The fraction of sp³-hybridized carbons (Fsp3) is 0.800. The number of hydrogen-bond donors (Lipinski definition) is 0. The fourth-order valence-electron chi connectivity index (χ4n) is 2.76. The van der Waals surface area contributed by atoms with E-state index in [1.54, 1.807) is 0 Å². The van der Waals surface area contributed by atoms with Crippen molar-refractivity contribution in [1.29, 1.82) is 0 Å². The lowest BCUT2D eigenvalue weighted by Crippen LogP contribution is -2.42. The molecule has 0 spiro atoms. The van der Waals surface area contributed by atoms with E-state index in [9.17, 15) is 4.79 Å². The van der Waals surface area contributed by atoms with E-state index in [4.69, 9.17) is 11.2 Å². The predicted octanol–water partition coefficient (Wildman–Crippen LogP) is 2.90. The van der Waals surface area contributed by atoms with Crippen LogP contribution in [0.2, 0.25) is 0 Å².